The molecule has 0 aliphatic carbocycles. The maximum atomic E-state index is 11.6. The molecule has 4 heteroatoms. The zero-order valence-corrected chi connectivity index (χ0v) is 11.0. The van der Waals surface area contributed by atoms with Crippen LogP contribution < -0.4 is 4.74 Å². The van der Waals surface area contributed by atoms with Crippen molar-refractivity contribution in [2.75, 3.05) is 7.11 Å². The van der Waals surface area contributed by atoms with Crippen molar-refractivity contribution in [3.63, 3.8) is 0 Å². The van der Waals surface area contributed by atoms with E-state index in [1.54, 1.807) is 18.2 Å². The molecule has 2 aromatic rings. The van der Waals surface area contributed by atoms with Crippen LogP contribution in [0, 0.1) is 0 Å². The SMILES string of the molecule is COC(=O)c1ccc2c(c1)[C@@H](O)c1ccccc1CO2. The molecule has 1 heterocycles. The van der Waals surface area contributed by atoms with Gasteiger partial charge in [-0.1, -0.05) is 24.3 Å². The van der Waals surface area contributed by atoms with Gasteiger partial charge in [0.15, 0.2) is 0 Å². The molecule has 0 unspecified atom stereocenters. The highest BCUT2D eigenvalue weighted by Crippen LogP contribution is 2.36. The lowest BCUT2D eigenvalue weighted by atomic mass is 9.96. The van der Waals surface area contributed by atoms with Crippen LogP contribution in [0.5, 0.6) is 5.75 Å². The molecule has 0 radical (unpaired) electrons. The van der Waals surface area contributed by atoms with E-state index in [0.29, 0.717) is 23.5 Å². The van der Waals surface area contributed by atoms with Crippen molar-refractivity contribution >= 4 is 5.97 Å². The Morgan fingerprint density at radius 1 is 1.25 bits per heavy atom. The third-order valence-electron chi connectivity index (χ3n) is 3.46. The summed E-state index contributed by atoms with van der Waals surface area (Å²) >= 11 is 0. The summed E-state index contributed by atoms with van der Waals surface area (Å²) in [7, 11) is 1.33. The van der Waals surface area contributed by atoms with E-state index in [0.717, 1.165) is 11.1 Å². The van der Waals surface area contributed by atoms with Crippen molar-refractivity contribution in [3.8, 4) is 5.75 Å². The molecule has 1 atom stereocenters. The molecule has 4 nitrogen and oxygen atoms in total. The minimum absolute atomic E-state index is 0.397. The summed E-state index contributed by atoms with van der Waals surface area (Å²) in [5, 5.41) is 10.5. The van der Waals surface area contributed by atoms with E-state index in [-0.39, 0.29) is 0 Å². The van der Waals surface area contributed by atoms with E-state index in [1.807, 2.05) is 24.3 Å². The maximum absolute atomic E-state index is 11.6. The largest absolute Gasteiger partial charge is 0.488 e. The number of benzene rings is 2. The van der Waals surface area contributed by atoms with Gasteiger partial charge in [0.25, 0.3) is 0 Å². The molecular weight excluding hydrogens is 256 g/mol. The van der Waals surface area contributed by atoms with Gasteiger partial charge in [0, 0.05) is 5.56 Å². The van der Waals surface area contributed by atoms with E-state index in [1.165, 1.54) is 7.11 Å². The third kappa shape index (κ3) is 2.04. The Kier molecular flexibility index (Phi) is 3.16. The molecule has 1 aliphatic rings. The highest BCUT2D eigenvalue weighted by atomic mass is 16.5. The smallest absolute Gasteiger partial charge is 0.337 e. The summed E-state index contributed by atoms with van der Waals surface area (Å²) in [6.45, 7) is 0.401. The van der Waals surface area contributed by atoms with Gasteiger partial charge in [-0.25, -0.2) is 4.79 Å². The van der Waals surface area contributed by atoms with Crippen LogP contribution >= 0.6 is 0 Å². The zero-order chi connectivity index (χ0) is 14.1. The number of fused-ring (bicyclic) bond motifs is 2. The molecule has 3 rings (SSSR count). The lowest BCUT2D eigenvalue weighted by Gasteiger charge is -2.13. The van der Waals surface area contributed by atoms with Crippen molar-refractivity contribution < 1.29 is 19.4 Å². The van der Waals surface area contributed by atoms with Crippen LogP contribution in [0.3, 0.4) is 0 Å². The quantitative estimate of drug-likeness (QED) is 0.809. The topological polar surface area (TPSA) is 55.8 Å². The highest BCUT2D eigenvalue weighted by molar-refractivity contribution is 5.89. The Hall–Kier alpha value is -2.33. The van der Waals surface area contributed by atoms with Gasteiger partial charge in [0.2, 0.25) is 0 Å². The number of hydrogen-bond donors (Lipinski definition) is 1. The number of esters is 1. The van der Waals surface area contributed by atoms with Gasteiger partial charge in [0.1, 0.15) is 18.5 Å². The summed E-state index contributed by atoms with van der Waals surface area (Å²) in [5.41, 5.74) is 2.72. The molecule has 0 bridgehead atoms. The molecule has 0 aromatic heterocycles. The molecule has 1 aliphatic heterocycles. The Morgan fingerprint density at radius 2 is 2.05 bits per heavy atom. The van der Waals surface area contributed by atoms with Crippen LogP contribution in [-0.4, -0.2) is 18.2 Å². The predicted molar refractivity (Wildman–Crippen MR) is 72.6 cm³/mol. The molecule has 2 aromatic carbocycles. The van der Waals surface area contributed by atoms with E-state index >= 15 is 0 Å². The maximum Gasteiger partial charge on any atom is 0.337 e. The van der Waals surface area contributed by atoms with Crippen molar-refractivity contribution in [2.24, 2.45) is 0 Å². The van der Waals surface area contributed by atoms with Gasteiger partial charge in [0.05, 0.1) is 12.7 Å². The summed E-state index contributed by atoms with van der Waals surface area (Å²) in [5.74, 6) is 0.152. The number of aliphatic hydroxyl groups excluding tert-OH is 1. The fourth-order valence-corrected chi connectivity index (χ4v) is 2.39. The molecule has 0 amide bonds. The van der Waals surface area contributed by atoms with Crippen molar-refractivity contribution in [2.45, 2.75) is 12.7 Å². The average Bonchev–Trinajstić information content (AvgIpc) is 2.64. The lowest BCUT2D eigenvalue weighted by molar-refractivity contribution is 0.0600. The third-order valence-corrected chi connectivity index (χ3v) is 3.46. The van der Waals surface area contributed by atoms with Gasteiger partial charge < -0.3 is 14.6 Å². The van der Waals surface area contributed by atoms with Gasteiger partial charge in [-0.15, -0.1) is 0 Å². The summed E-state index contributed by atoms with van der Waals surface area (Å²) in [6, 6.07) is 12.5. The second-order valence-corrected chi connectivity index (χ2v) is 4.63. The standard InChI is InChI=1S/C16H14O4/c1-19-16(18)10-6-7-14-13(8-10)15(17)12-5-3-2-4-11(12)9-20-14/h2-8,15,17H,9H2,1H3/t15-/m0/s1. The number of carbonyl (C=O) groups is 1. The first-order valence-electron chi connectivity index (χ1n) is 6.31. The normalized spacial score (nSPS) is 16.4. The molecule has 1 N–H and O–H groups in total. The monoisotopic (exact) mass is 270 g/mol. The van der Waals surface area contributed by atoms with Crippen LogP contribution in [0.2, 0.25) is 0 Å². The van der Waals surface area contributed by atoms with Gasteiger partial charge >= 0.3 is 5.97 Å². The number of methoxy groups -OCH3 is 1. The Bertz CT molecular complexity index is 663. The lowest BCUT2D eigenvalue weighted by Crippen LogP contribution is -2.05. The molecule has 0 spiro atoms. The zero-order valence-electron chi connectivity index (χ0n) is 11.0. The van der Waals surface area contributed by atoms with Crippen LogP contribution in [0.1, 0.15) is 33.2 Å². The van der Waals surface area contributed by atoms with E-state index in [2.05, 4.69) is 0 Å². The van der Waals surface area contributed by atoms with Crippen LogP contribution in [-0.2, 0) is 11.3 Å². The second kappa shape index (κ2) is 4.98. The fraction of sp³-hybridized carbons (Fsp3) is 0.188. The van der Waals surface area contributed by atoms with Crippen molar-refractivity contribution in [1.82, 2.24) is 0 Å². The molecular formula is C16H14O4. The minimum Gasteiger partial charge on any atom is -0.488 e. The first kappa shape index (κ1) is 12.7. The Labute approximate surface area is 116 Å². The van der Waals surface area contributed by atoms with Crippen molar-refractivity contribution in [3.05, 3.63) is 64.7 Å². The fourth-order valence-electron chi connectivity index (χ4n) is 2.39. The van der Waals surface area contributed by atoms with Gasteiger partial charge in [-0.2, -0.15) is 0 Å². The molecule has 0 saturated carbocycles. The second-order valence-electron chi connectivity index (χ2n) is 4.63. The number of aliphatic hydroxyl groups is 1. The summed E-state index contributed by atoms with van der Waals surface area (Å²) < 4.78 is 10.4. The molecule has 20 heavy (non-hydrogen) atoms. The summed E-state index contributed by atoms with van der Waals surface area (Å²) in [6.07, 6.45) is -0.812. The number of rotatable bonds is 1. The Balaban J connectivity index is 2.11. The molecule has 0 fully saturated rings. The first-order chi connectivity index (χ1) is 9.70. The van der Waals surface area contributed by atoms with Crippen LogP contribution in [0.4, 0.5) is 0 Å². The number of ether oxygens (including phenoxy) is 2. The van der Waals surface area contributed by atoms with E-state index in [4.69, 9.17) is 9.47 Å². The number of carbonyl (C=O) groups excluding carboxylic acids is 1. The Morgan fingerprint density at radius 3 is 2.85 bits per heavy atom. The van der Waals surface area contributed by atoms with Gasteiger partial charge in [-0.05, 0) is 29.3 Å². The first-order valence-corrected chi connectivity index (χ1v) is 6.31. The number of hydrogen-bond acceptors (Lipinski definition) is 4. The highest BCUT2D eigenvalue weighted by Gasteiger charge is 2.23. The van der Waals surface area contributed by atoms with Crippen molar-refractivity contribution in [1.29, 1.82) is 0 Å². The van der Waals surface area contributed by atoms with Crippen LogP contribution in [0.25, 0.3) is 0 Å². The van der Waals surface area contributed by atoms with E-state index < -0.39 is 12.1 Å². The average molecular weight is 270 g/mol. The minimum atomic E-state index is -0.812. The molecule has 102 valence electrons. The predicted octanol–water partition coefficient (Wildman–Crippen LogP) is 2.45. The van der Waals surface area contributed by atoms with Gasteiger partial charge in [-0.3, -0.25) is 0 Å². The van der Waals surface area contributed by atoms with Crippen LogP contribution in [0.15, 0.2) is 42.5 Å². The van der Waals surface area contributed by atoms with E-state index in [9.17, 15) is 9.90 Å². The summed E-state index contributed by atoms with van der Waals surface area (Å²) in [4.78, 5) is 11.6. The molecule has 0 saturated heterocycles.